The van der Waals surface area contributed by atoms with Gasteiger partial charge in [-0.15, -0.1) is 12.4 Å². The van der Waals surface area contributed by atoms with E-state index in [1.165, 1.54) is 0 Å². The van der Waals surface area contributed by atoms with Crippen molar-refractivity contribution in [1.82, 2.24) is 10.6 Å². The first-order chi connectivity index (χ1) is 8.58. The molecule has 0 radical (unpaired) electrons. The Kier molecular flexibility index (Phi) is 3.99. The second-order valence-corrected chi connectivity index (χ2v) is 5.14. The fourth-order valence-electron chi connectivity index (χ4n) is 2.56. The second-order valence-electron chi connectivity index (χ2n) is 4.73. The molecule has 2 N–H and O–H groups in total. The molecule has 0 spiro atoms. The van der Waals surface area contributed by atoms with Crippen molar-refractivity contribution in [3.05, 3.63) is 34.4 Å². The molecule has 3 nitrogen and oxygen atoms in total. The average molecular weight is 309 g/mol. The highest BCUT2D eigenvalue weighted by atomic mass is 35.5. The van der Waals surface area contributed by atoms with Crippen LogP contribution < -0.4 is 10.6 Å². The zero-order valence-corrected chi connectivity index (χ0v) is 11.3. The van der Waals surface area contributed by atoms with Crippen LogP contribution in [0.2, 0.25) is 5.02 Å². The van der Waals surface area contributed by atoms with Crippen molar-refractivity contribution in [3.8, 4) is 0 Å². The summed E-state index contributed by atoms with van der Waals surface area (Å²) in [5, 5.41) is 5.60. The zero-order valence-electron chi connectivity index (χ0n) is 9.75. The molecule has 1 saturated carbocycles. The van der Waals surface area contributed by atoms with Gasteiger partial charge in [-0.25, -0.2) is 8.78 Å². The number of piperidine rings is 1. The van der Waals surface area contributed by atoms with Crippen molar-refractivity contribution >= 4 is 29.9 Å². The highest BCUT2D eigenvalue weighted by molar-refractivity contribution is 6.30. The number of carbonyl (C=O) groups excluding carboxylic acids is 1. The first-order valence-corrected chi connectivity index (χ1v) is 6.12. The van der Waals surface area contributed by atoms with E-state index in [9.17, 15) is 13.6 Å². The molecule has 0 aromatic heterocycles. The molecule has 1 aliphatic carbocycles. The van der Waals surface area contributed by atoms with Gasteiger partial charge in [0.2, 0.25) is 0 Å². The lowest BCUT2D eigenvalue weighted by Gasteiger charge is -2.09. The molecule has 0 bridgehead atoms. The Morgan fingerprint density at radius 3 is 2.53 bits per heavy atom. The van der Waals surface area contributed by atoms with E-state index >= 15 is 0 Å². The van der Waals surface area contributed by atoms with Crippen molar-refractivity contribution in [2.24, 2.45) is 11.8 Å². The van der Waals surface area contributed by atoms with Crippen LogP contribution in [-0.2, 0) is 0 Å². The lowest BCUT2D eigenvalue weighted by Crippen LogP contribution is -2.33. The third-order valence-corrected chi connectivity index (χ3v) is 3.93. The van der Waals surface area contributed by atoms with Gasteiger partial charge in [-0.3, -0.25) is 4.79 Å². The summed E-state index contributed by atoms with van der Waals surface area (Å²) in [6.45, 7) is 1.74. The molecule has 1 aromatic carbocycles. The van der Waals surface area contributed by atoms with E-state index in [4.69, 9.17) is 11.6 Å². The molecule has 19 heavy (non-hydrogen) atoms. The predicted octanol–water partition coefficient (Wildman–Crippen LogP) is 1.99. The predicted molar refractivity (Wildman–Crippen MR) is 69.7 cm³/mol. The zero-order chi connectivity index (χ0) is 12.9. The minimum Gasteiger partial charge on any atom is -0.349 e. The maximum atomic E-state index is 13.5. The largest absolute Gasteiger partial charge is 0.349 e. The van der Waals surface area contributed by atoms with E-state index in [2.05, 4.69) is 10.6 Å². The van der Waals surface area contributed by atoms with Crippen molar-refractivity contribution < 1.29 is 13.6 Å². The van der Waals surface area contributed by atoms with E-state index in [0.717, 1.165) is 25.2 Å². The molecular weight excluding hydrogens is 297 g/mol. The molecule has 2 aliphatic rings. The maximum absolute atomic E-state index is 13.5. The average Bonchev–Trinajstić information content (AvgIpc) is 2.75. The van der Waals surface area contributed by atoms with Crippen LogP contribution >= 0.6 is 24.0 Å². The third-order valence-electron chi connectivity index (χ3n) is 3.64. The number of halogens is 4. The number of benzene rings is 1. The Morgan fingerprint density at radius 2 is 1.89 bits per heavy atom. The summed E-state index contributed by atoms with van der Waals surface area (Å²) in [5.74, 6) is -1.32. The van der Waals surface area contributed by atoms with Gasteiger partial charge in [-0.05, 0) is 24.0 Å². The summed E-state index contributed by atoms with van der Waals surface area (Å²) in [6, 6.07) is 1.74. The third kappa shape index (κ3) is 2.55. The Labute approximate surface area is 120 Å². The number of amides is 1. The van der Waals surface area contributed by atoms with Crippen LogP contribution in [0.4, 0.5) is 8.78 Å². The highest BCUT2D eigenvalue weighted by Gasteiger charge is 2.53. The standard InChI is InChI=1S/C12H11ClF2N2O.ClH/c13-8-2-9(14)5(1-10(8)15)12(18)17-11-6-3-16-4-7(6)11;/h1-2,6-7,11,16H,3-4H2,(H,17,18);1H. The van der Waals surface area contributed by atoms with Gasteiger partial charge in [0.05, 0.1) is 10.6 Å². The minimum atomic E-state index is -0.803. The first kappa shape index (κ1) is 14.5. The topological polar surface area (TPSA) is 41.1 Å². The van der Waals surface area contributed by atoms with Gasteiger partial charge >= 0.3 is 0 Å². The monoisotopic (exact) mass is 308 g/mol. The van der Waals surface area contributed by atoms with Gasteiger partial charge in [0.1, 0.15) is 11.6 Å². The van der Waals surface area contributed by atoms with E-state index in [1.807, 2.05) is 0 Å². The number of carbonyl (C=O) groups is 1. The molecule has 1 amide bonds. The van der Waals surface area contributed by atoms with Crippen LogP contribution in [0.25, 0.3) is 0 Å². The van der Waals surface area contributed by atoms with E-state index in [-0.39, 0.29) is 29.0 Å². The Balaban J connectivity index is 0.00000133. The number of rotatable bonds is 2. The van der Waals surface area contributed by atoms with Crippen molar-refractivity contribution in [1.29, 1.82) is 0 Å². The van der Waals surface area contributed by atoms with Crippen molar-refractivity contribution in [2.45, 2.75) is 6.04 Å². The molecule has 1 heterocycles. The fraction of sp³-hybridized carbons (Fsp3) is 0.417. The van der Waals surface area contributed by atoms with Crippen molar-refractivity contribution in [3.63, 3.8) is 0 Å². The van der Waals surface area contributed by atoms with Gasteiger partial charge in [0, 0.05) is 19.1 Å². The maximum Gasteiger partial charge on any atom is 0.254 e. The van der Waals surface area contributed by atoms with Gasteiger partial charge in [0.25, 0.3) is 5.91 Å². The van der Waals surface area contributed by atoms with Crippen LogP contribution in [0.1, 0.15) is 10.4 Å². The summed E-state index contributed by atoms with van der Waals surface area (Å²) < 4.78 is 26.7. The minimum absolute atomic E-state index is 0. The Bertz CT molecular complexity index is 517. The van der Waals surface area contributed by atoms with Crippen LogP contribution in [0.15, 0.2) is 12.1 Å². The van der Waals surface area contributed by atoms with Crippen LogP contribution in [0, 0.1) is 23.5 Å². The van der Waals surface area contributed by atoms with Gasteiger partial charge < -0.3 is 10.6 Å². The summed E-state index contributed by atoms with van der Waals surface area (Å²) in [6.07, 6.45) is 0. The summed E-state index contributed by atoms with van der Waals surface area (Å²) in [4.78, 5) is 11.8. The van der Waals surface area contributed by atoms with Gasteiger partial charge in [-0.2, -0.15) is 0 Å². The van der Waals surface area contributed by atoms with Crippen LogP contribution in [-0.4, -0.2) is 25.0 Å². The number of hydrogen-bond donors (Lipinski definition) is 2. The molecule has 3 rings (SSSR count). The molecule has 104 valence electrons. The lowest BCUT2D eigenvalue weighted by atomic mass is 10.2. The lowest BCUT2D eigenvalue weighted by molar-refractivity contribution is 0.0942. The van der Waals surface area contributed by atoms with Crippen LogP contribution in [0.5, 0.6) is 0 Å². The molecule has 2 unspecified atom stereocenters. The molecule has 1 aliphatic heterocycles. The number of hydrogen-bond acceptors (Lipinski definition) is 2. The van der Waals surface area contributed by atoms with Crippen LogP contribution in [0.3, 0.4) is 0 Å². The molecule has 2 atom stereocenters. The van der Waals surface area contributed by atoms with E-state index in [0.29, 0.717) is 11.8 Å². The van der Waals surface area contributed by atoms with Crippen molar-refractivity contribution in [2.75, 3.05) is 13.1 Å². The summed E-state index contributed by atoms with van der Waals surface area (Å²) in [5.41, 5.74) is -0.296. The summed E-state index contributed by atoms with van der Waals surface area (Å²) in [7, 11) is 0. The van der Waals surface area contributed by atoms with E-state index < -0.39 is 17.5 Å². The Morgan fingerprint density at radius 1 is 1.26 bits per heavy atom. The highest BCUT2D eigenvalue weighted by Crippen LogP contribution is 2.41. The molecule has 1 saturated heterocycles. The number of nitrogens with one attached hydrogen (secondary N) is 2. The fourth-order valence-corrected chi connectivity index (χ4v) is 2.71. The summed E-state index contributed by atoms with van der Waals surface area (Å²) >= 11 is 5.43. The first-order valence-electron chi connectivity index (χ1n) is 5.74. The number of fused-ring (bicyclic) bond motifs is 1. The smallest absolute Gasteiger partial charge is 0.254 e. The molecule has 1 aromatic rings. The molecular formula is C12H12Cl2F2N2O. The normalized spacial score (nSPS) is 27.4. The quantitative estimate of drug-likeness (QED) is 0.820. The second kappa shape index (κ2) is 5.23. The Hall–Kier alpha value is -0.910. The molecule has 2 fully saturated rings. The molecule has 7 heteroatoms. The van der Waals surface area contributed by atoms with Gasteiger partial charge in [-0.1, -0.05) is 11.6 Å². The van der Waals surface area contributed by atoms with E-state index in [1.54, 1.807) is 0 Å². The SMILES string of the molecule is Cl.O=C(NC1C2CNCC21)c1cc(F)c(Cl)cc1F. The van der Waals surface area contributed by atoms with Gasteiger partial charge in [0.15, 0.2) is 0 Å².